The lowest BCUT2D eigenvalue weighted by molar-refractivity contribution is -0.214. The van der Waals surface area contributed by atoms with E-state index in [-0.39, 0.29) is 0 Å². The number of cyclic esters (lactones) is 2. The number of hydrogen-bond acceptors (Lipinski definition) is 3. The van der Waals surface area contributed by atoms with E-state index >= 15 is 0 Å². The Hall–Kier alpha value is -1.01. The van der Waals surface area contributed by atoms with E-state index in [1.165, 1.54) is 0 Å². The van der Waals surface area contributed by atoms with Crippen LogP contribution in [-0.4, -0.2) is 24.8 Å². The lowest BCUT2D eigenvalue weighted by Gasteiger charge is -2.14. The van der Waals surface area contributed by atoms with Crippen molar-refractivity contribution in [1.82, 2.24) is 0 Å². The Bertz CT molecular complexity index is 184. The van der Waals surface area contributed by atoms with Gasteiger partial charge in [-0.25, -0.2) is 13.6 Å². The molecule has 1 heterocycles. The summed E-state index contributed by atoms with van der Waals surface area (Å²) in [6.07, 6.45) is -8.60. The third-order valence-corrected chi connectivity index (χ3v) is 1.05. The molecule has 0 aromatic heterocycles. The zero-order valence-corrected chi connectivity index (χ0v) is 4.89. The van der Waals surface area contributed by atoms with Crippen molar-refractivity contribution in [2.45, 2.75) is 18.6 Å². The Kier molecular flexibility index (Phi) is 1.65. The molecule has 0 aromatic carbocycles. The van der Waals surface area contributed by atoms with Crippen molar-refractivity contribution in [3.8, 4) is 0 Å². The maximum atomic E-state index is 12.4. The molecule has 11 heavy (non-hydrogen) atoms. The lowest BCUT2D eigenvalue weighted by Crippen LogP contribution is -2.39. The van der Waals surface area contributed by atoms with E-state index in [0.717, 1.165) is 0 Å². The van der Waals surface area contributed by atoms with Gasteiger partial charge in [0.05, 0.1) is 0 Å². The molecule has 0 aliphatic carbocycles. The summed E-state index contributed by atoms with van der Waals surface area (Å²) in [7, 11) is 0. The van der Waals surface area contributed by atoms with E-state index in [2.05, 4.69) is 9.47 Å². The molecule has 0 aromatic rings. The molecule has 1 aliphatic heterocycles. The first kappa shape index (κ1) is 8.09. The van der Waals surface area contributed by atoms with E-state index in [1.807, 2.05) is 0 Å². The molecular weight excluding hydrogens is 172 g/mol. The van der Waals surface area contributed by atoms with Crippen LogP contribution in [0, 0.1) is 0 Å². The van der Waals surface area contributed by atoms with Crippen LogP contribution in [0.3, 0.4) is 0 Å². The minimum atomic E-state index is -3.95. The Labute approximate surface area is 57.9 Å². The first-order chi connectivity index (χ1) is 4.97. The van der Waals surface area contributed by atoms with Crippen LogP contribution in [0.25, 0.3) is 0 Å². The average Bonchev–Trinajstić information content (AvgIpc) is 2.08. The zero-order chi connectivity index (χ0) is 8.65. The lowest BCUT2D eigenvalue weighted by atomic mass is 10.3. The predicted molar refractivity (Wildman–Crippen MR) is 22.3 cm³/mol. The van der Waals surface area contributed by atoms with E-state index in [4.69, 9.17) is 0 Å². The van der Waals surface area contributed by atoms with E-state index in [0.29, 0.717) is 0 Å². The standard InChI is InChI=1S/C4H2F4O3/c5-1(6)4(8)2(7)10-3(9)11-4/h1-2H. The Morgan fingerprint density at radius 2 is 2.09 bits per heavy atom. The van der Waals surface area contributed by atoms with Crippen molar-refractivity contribution in [3.05, 3.63) is 0 Å². The molecule has 1 aliphatic rings. The summed E-state index contributed by atoms with van der Waals surface area (Å²) in [6.45, 7) is 0. The van der Waals surface area contributed by atoms with Gasteiger partial charge in [-0.15, -0.1) is 0 Å². The third-order valence-electron chi connectivity index (χ3n) is 1.05. The van der Waals surface area contributed by atoms with Crippen LogP contribution >= 0.6 is 0 Å². The van der Waals surface area contributed by atoms with E-state index < -0.39 is 24.8 Å². The maximum Gasteiger partial charge on any atom is 0.514 e. The molecule has 3 nitrogen and oxygen atoms in total. The number of carbonyl (C=O) groups is 1. The molecule has 1 saturated heterocycles. The third kappa shape index (κ3) is 1.10. The summed E-state index contributed by atoms with van der Waals surface area (Å²) >= 11 is 0. The second-order valence-corrected chi connectivity index (χ2v) is 1.78. The predicted octanol–water partition coefficient (Wildman–Crippen LogP) is 1.38. The van der Waals surface area contributed by atoms with Crippen molar-refractivity contribution in [2.75, 3.05) is 0 Å². The molecule has 2 atom stereocenters. The molecule has 2 unspecified atom stereocenters. The normalized spacial score (nSPS) is 37.2. The van der Waals surface area contributed by atoms with Crippen LogP contribution in [0.1, 0.15) is 0 Å². The SMILES string of the molecule is O=C1OC(F)C(F)(C(F)F)O1. The highest BCUT2D eigenvalue weighted by Gasteiger charge is 2.60. The van der Waals surface area contributed by atoms with Crippen LogP contribution in [-0.2, 0) is 9.47 Å². The van der Waals surface area contributed by atoms with Gasteiger partial charge in [0, 0.05) is 0 Å². The van der Waals surface area contributed by atoms with Gasteiger partial charge in [-0.05, 0) is 0 Å². The number of alkyl halides is 4. The number of carbonyl (C=O) groups excluding carboxylic acids is 1. The summed E-state index contributed by atoms with van der Waals surface area (Å²) in [5.74, 6) is -3.95. The van der Waals surface area contributed by atoms with Gasteiger partial charge >= 0.3 is 24.8 Å². The van der Waals surface area contributed by atoms with Gasteiger partial charge in [-0.2, -0.15) is 8.78 Å². The first-order valence-corrected chi connectivity index (χ1v) is 2.47. The average molecular weight is 174 g/mol. The number of hydrogen-bond donors (Lipinski definition) is 0. The summed E-state index contributed by atoms with van der Waals surface area (Å²) in [5.41, 5.74) is 0. The van der Waals surface area contributed by atoms with E-state index in [9.17, 15) is 22.4 Å². The molecule has 0 spiro atoms. The Morgan fingerprint density at radius 1 is 1.55 bits per heavy atom. The monoisotopic (exact) mass is 174 g/mol. The van der Waals surface area contributed by atoms with Gasteiger partial charge in [0.1, 0.15) is 0 Å². The molecular formula is C4H2F4O3. The molecule has 0 amide bonds. The smallest absolute Gasteiger partial charge is 0.392 e. The van der Waals surface area contributed by atoms with Crippen molar-refractivity contribution < 1.29 is 31.8 Å². The topological polar surface area (TPSA) is 35.5 Å². The molecule has 7 heteroatoms. The second-order valence-electron chi connectivity index (χ2n) is 1.78. The van der Waals surface area contributed by atoms with Crippen LogP contribution < -0.4 is 0 Å². The summed E-state index contributed by atoms with van der Waals surface area (Å²) < 4.78 is 54.2. The largest absolute Gasteiger partial charge is 0.514 e. The van der Waals surface area contributed by atoms with Crippen molar-refractivity contribution in [1.29, 1.82) is 0 Å². The molecule has 0 bridgehead atoms. The summed E-state index contributed by atoms with van der Waals surface area (Å²) in [6, 6.07) is 0. The fraction of sp³-hybridized carbons (Fsp3) is 0.750. The van der Waals surface area contributed by atoms with Gasteiger partial charge in [0.15, 0.2) is 0 Å². The van der Waals surface area contributed by atoms with Gasteiger partial charge in [0.2, 0.25) is 0 Å². The van der Waals surface area contributed by atoms with Gasteiger partial charge in [0.25, 0.3) is 0 Å². The fourth-order valence-electron chi connectivity index (χ4n) is 0.507. The molecule has 64 valence electrons. The Balaban J connectivity index is 2.78. The van der Waals surface area contributed by atoms with Crippen LogP contribution in [0.15, 0.2) is 0 Å². The first-order valence-electron chi connectivity index (χ1n) is 2.47. The second kappa shape index (κ2) is 2.24. The van der Waals surface area contributed by atoms with Gasteiger partial charge in [-0.3, -0.25) is 0 Å². The highest BCUT2D eigenvalue weighted by molar-refractivity contribution is 5.62. The number of rotatable bonds is 1. The van der Waals surface area contributed by atoms with Crippen LogP contribution in [0.2, 0.25) is 0 Å². The quantitative estimate of drug-likeness (QED) is 0.445. The van der Waals surface area contributed by atoms with Crippen molar-refractivity contribution in [3.63, 3.8) is 0 Å². The van der Waals surface area contributed by atoms with Crippen molar-refractivity contribution >= 4 is 6.16 Å². The van der Waals surface area contributed by atoms with Gasteiger partial charge < -0.3 is 9.47 Å². The molecule has 1 fully saturated rings. The van der Waals surface area contributed by atoms with Crippen LogP contribution in [0.4, 0.5) is 22.4 Å². The van der Waals surface area contributed by atoms with Crippen molar-refractivity contribution in [2.24, 2.45) is 0 Å². The molecule has 0 N–H and O–H groups in total. The molecule has 0 saturated carbocycles. The number of halogens is 4. The molecule has 0 radical (unpaired) electrons. The van der Waals surface area contributed by atoms with Gasteiger partial charge in [-0.1, -0.05) is 0 Å². The Morgan fingerprint density at radius 3 is 2.27 bits per heavy atom. The zero-order valence-electron chi connectivity index (χ0n) is 4.89. The minimum absolute atomic E-state index is 1.78. The molecule has 1 rings (SSSR count). The number of ether oxygens (including phenoxy) is 2. The minimum Gasteiger partial charge on any atom is -0.392 e. The highest BCUT2D eigenvalue weighted by Crippen LogP contribution is 2.35. The summed E-state index contributed by atoms with van der Waals surface area (Å²) in [4.78, 5) is 9.92. The van der Waals surface area contributed by atoms with E-state index in [1.54, 1.807) is 0 Å². The fourth-order valence-corrected chi connectivity index (χ4v) is 0.507. The van der Waals surface area contributed by atoms with Crippen LogP contribution in [0.5, 0.6) is 0 Å². The summed E-state index contributed by atoms with van der Waals surface area (Å²) in [5, 5.41) is 0. The maximum absolute atomic E-state index is 12.4. The highest BCUT2D eigenvalue weighted by atomic mass is 19.3.